The number of nitrogens with zero attached hydrogens (tertiary/aromatic N) is 2. The maximum absolute atomic E-state index is 13.4. The quantitative estimate of drug-likeness (QED) is 0.326. The predicted octanol–water partition coefficient (Wildman–Crippen LogP) is 5.53. The van der Waals surface area contributed by atoms with E-state index < -0.39 is 0 Å². The molecule has 0 bridgehead atoms. The number of nitrogens with one attached hydrogen (secondary N) is 1. The van der Waals surface area contributed by atoms with E-state index in [1.165, 1.54) is 25.1 Å². The molecule has 1 aromatic heterocycles. The monoisotopic (exact) mass is 425 g/mol. The number of hydrogen-bond donors (Lipinski definition) is 1. The minimum atomic E-state index is -0.330. The number of benzene rings is 3. The molecule has 1 amide bonds. The number of carbonyl (C=O) groups is 2. The first-order chi connectivity index (χ1) is 15.5. The standard InChI is InChI=1S/C26H20FN3O2/c1-18(31)19-9-14-23(15-10-19)28-25(32)16-11-21-17-30(24-5-3-2-4-6-24)29-26(21)20-7-12-22(27)13-8-20/h2-17H,1H3,(H,28,32). The molecule has 0 aliphatic rings. The molecule has 6 heteroatoms. The Bertz CT molecular complexity index is 1280. The maximum Gasteiger partial charge on any atom is 0.248 e. The summed E-state index contributed by atoms with van der Waals surface area (Å²) in [5.74, 6) is -0.687. The van der Waals surface area contributed by atoms with E-state index in [0.717, 1.165) is 11.3 Å². The third kappa shape index (κ3) is 4.87. The van der Waals surface area contributed by atoms with Gasteiger partial charge in [-0.1, -0.05) is 18.2 Å². The normalized spacial score (nSPS) is 10.9. The number of Topliss-reactive ketones (excluding diaryl/α,β-unsaturated/α-hetero) is 1. The molecule has 0 aliphatic heterocycles. The molecule has 0 saturated carbocycles. The molecule has 0 atom stereocenters. The fourth-order valence-electron chi connectivity index (χ4n) is 3.19. The number of hydrogen-bond acceptors (Lipinski definition) is 3. The number of ketones is 1. The largest absolute Gasteiger partial charge is 0.323 e. The number of halogens is 1. The Morgan fingerprint density at radius 1 is 0.938 bits per heavy atom. The van der Waals surface area contributed by atoms with Gasteiger partial charge in [0.15, 0.2) is 5.78 Å². The molecule has 32 heavy (non-hydrogen) atoms. The van der Waals surface area contributed by atoms with Gasteiger partial charge in [-0.25, -0.2) is 9.07 Å². The van der Waals surface area contributed by atoms with Crippen LogP contribution in [0.3, 0.4) is 0 Å². The van der Waals surface area contributed by atoms with Gasteiger partial charge in [0, 0.05) is 34.7 Å². The molecule has 0 unspecified atom stereocenters. The zero-order valence-corrected chi connectivity index (χ0v) is 17.3. The van der Waals surface area contributed by atoms with Gasteiger partial charge in [0.1, 0.15) is 5.82 Å². The number of aromatic nitrogens is 2. The van der Waals surface area contributed by atoms with E-state index >= 15 is 0 Å². The van der Waals surface area contributed by atoms with E-state index in [1.807, 2.05) is 36.5 Å². The van der Waals surface area contributed by atoms with Crippen LogP contribution in [0.1, 0.15) is 22.8 Å². The SMILES string of the molecule is CC(=O)c1ccc(NC(=O)C=Cc2cn(-c3ccccc3)nc2-c2ccc(F)cc2)cc1. The lowest BCUT2D eigenvalue weighted by Crippen LogP contribution is -2.07. The zero-order chi connectivity index (χ0) is 22.5. The summed E-state index contributed by atoms with van der Waals surface area (Å²) in [7, 11) is 0. The van der Waals surface area contributed by atoms with Crippen LogP contribution in [0, 0.1) is 5.82 Å². The van der Waals surface area contributed by atoms with Gasteiger partial charge < -0.3 is 5.32 Å². The van der Waals surface area contributed by atoms with E-state index in [0.29, 0.717) is 22.5 Å². The van der Waals surface area contributed by atoms with E-state index in [9.17, 15) is 14.0 Å². The summed E-state index contributed by atoms with van der Waals surface area (Å²) in [4.78, 5) is 23.8. The van der Waals surface area contributed by atoms with Crippen molar-refractivity contribution in [3.05, 3.63) is 108 Å². The Morgan fingerprint density at radius 2 is 1.62 bits per heavy atom. The van der Waals surface area contributed by atoms with Gasteiger partial charge >= 0.3 is 0 Å². The lowest BCUT2D eigenvalue weighted by molar-refractivity contribution is -0.111. The van der Waals surface area contributed by atoms with Gasteiger partial charge in [-0.15, -0.1) is 0 Å². The number of anilines is 1. The Hall–Kier alpha value is -4.32. The van der Waals surface area contributed by atoms with Crippen molar-refractivity contribution < 1.29 is 14.0 Å². The summed E-state index contributed by atoms with van der Waals surface area (Å²) in [6.07, 6.45) is 4.90. The van der Waals surface area contributed by atoms with Crippen LogP contribution in [-0.2, 0) is 4.79 Å². The number of rotatable bonds is 6. The highest BCUT2D eigenvalue weighted by Gasteiger charge is 2.11. The van der Waals surface area contributed by atoms with Gasteiger partial charge in [-0.2, -0.15) is 5.10 Å². The number of para-hydroxylation sites is 1. The smallest absolute Gasteiger partial charge is 0.248 e. The highest BCUT2D eigenvalue weighted by atomic mass is 19.1. The van der Waals surface area contributed by atoms with Crippen LogP contribution in [0.15, 0.2) is 91.1 Å². The average Bonchev–Trinajstić information content (AvgIpc) is 3.23. The Labute approximate surface area is 184 Å². The maximum atomic E-state index is 13.4. The van der Waals surface area contributed by atoms with Crippen LogP contribution in [0.5, 0.6) is 0 Å². The van der Waals surface area contributed by atoms with Crippen molar-refractivity contribution in [3.63, 3.8) is 0 Å². The second-order valence-electron chi connectivity index (χ2n) is 7.18. The fourth-order valence-corrected chi connectivity index (χ4v) is 3.19. The van der Waals surface area contributed by atoms with Crippen molar-refractivity contribution in [2.24, 2.45) is 0 Å². The van der Waals surface area contributed by atoms with E-state index in [1.54, 1.807) is 47.2 Å². The average molecular weight is 425 g/mol. The minimum absolute atomic E-state index is 0.0356. The zero-order valence-electron chi connectivity index (χ0n) is 17.3. The van der Waals surface area contributed by atoms with Gasteiger partial charge in [0.05, 0.1) is 11.4 Å². The molecule has 158 valence electrons. The topological polar surface area (TPSA) is 64.0 Å². The Morgan fingerprint density at radius 3 is 2.28 bits per heavy atom. The second kappa shape index (κ2) is 9.22. The summed E-state index contributed by atoms with van der Waals surface area (Å²) in [6, 6.07) is 22.3. The molecule has 1 N–H and O–H groups in total. The molecule has 5 nitrogen and oxygen atoms in total. The molecule has 0 spiro atoms. The molecular weight excluding hydrogens is 405 g/mol. The number of amides is 1. The lowest BCUT2D eigenvalue weighted by atomic mass is 10.1. The van der Waals surface area contributed by atoms with Crippen molar-refractivity contribution in [3.8, 4) is 16.9 Å². The molecule has 0 saturated heterocycles. The predicted molar refractivity (Wildman–Crippen MR) is 123 cm³/mol. The first kappa shape index (κ1) is 20.9. The highest BCUT2D eigenvalue weighted by molar-refractivity contribution is 6.02. The van der Waals surface area contributed by atoms with Crippen LogP contribution in [0.2, 0.25) is 0 Å². The van der Waals surface area contributed by atoms with Crippen molar-refractivity contribution in [2.45, 2.75) is 6.92 Å². The third-order valence-corrected chi connectivity index (χ3v) is 4.85. The Balaban J connectivity index is 1.60. The van der Waals surface area contributed by atoms with E-state index in [4.69, 9.17) is 0 Å². The molecule has 1 heterocycles. The first-order valence-electron chi connectivity index (χ1n) is 10.0. The van der Waals surface area contributed by atoms with E-state index in [-0.39, 0.29) is 17.5 Å². The van der Waals surface area contributed by atoms with Crippen LogP contribution in [0.25, 0.3) is 23.0 Å². The molecule has 3 aromatic carbocycles. The van der Waals surface area contributed by atoms with Crippen LogP contribution < -0.4 is 5.32 Å². The van der Waals surface area contributed by atoms with Gasteiger partial charge in [-0.05, 0) is 73.7 Å². The molecule has 4 rings (SSSR count). The lowest BCUT2D eigenvalue weighted by Gasteiger charge is -2.03. The van der Waals surface area contributed by atoms with Crippen molar-refractivity contribution >= 4 is 23.5 Å². The Kier molecular flexibility index (Phi) is 6.03. The molecule has 4 aromatic rings. The summed E-state index contributed by atoms with van der Waals surface area (Å²) in [5, 5.41) is 7.42. The van der Waals surface area contributed by atoms with Gasteiger partial charge in [0.2, 0.25) is 5.91 Å². The highest BCUT2D eigenvalue weighted by Crippen LogP contribution is 2.25. The van der Waals surface area contributed by atoms with Crippen molar-refractivity contribution in [2.75, 3.05) is 5.32 Å². The summed E-state index contributed by atoms with van der Waals surface area (Å²) >= 11 is 0. The second-order valence-corrected chi connectivity index (χ2v) is 7.18. The number of carbonyl (C=O) groups excluding carboxylic acids is 2. The van der Waals surface area contributed by atoms with Gasteiger partial charge in [-0.3, -0.25) is 9.59 Å². The molecule has 0 radical (unpaired) electrons. The van der Waals surface area contributed by atoms with Gasteiger partial charge in [0.25, 0.3) is 0 Å². The summed E-state index contributed by atoms with van der Waals surface area (Å²) < 4.78 is 15.1. The van der Waals surface area contributed by atoms with Crippen LogP contribution in [0.4, 0.5) is 10.1 Å². The molecule has 0 aliphatic carbocycles. The van der Waals surface area contributed by atoms with Crippen molar-refractivity contribution in [1.29, 1.82) is 0 Å². The molecule has 0 fully saturated rings. The first-order valence-corrected chi connectivity index (χ1v) is 10.0. The minimum Gasteiger partial charge on any atom is -0.323 e. The van der Waals surface area contributed by atoms with Crippen LogP contribution in [-0.4, -0.2) is 21.5 Å². The fraction of sp³-hybridized carbons (Fsp3) is 0.0385. The van der Waals surface area contributed by atoms with Crippen LogP contribution >= 0.6 is 0 Å². The van der Waals surface area contributed by atoms with Crippen molar-refractivity contribution in [1.82, 2.24) is 9.78 Å². The van der Waals surface area contributed by atoms with E-state index in [2.05, 4.69) is 10.4 Å². The molecular formula is C26H20FN3O2. The summed E-state index contributed by atoms with van der Waals surface area (Å²) in [5.41, 5.74) is 4.11. The third-order valence-electron chi connectivity index (χ3n) is 4.85. The summed E-state index contributed by atoms with van der Waals surface area (Å²) in [6.45, 7) is 1.49.